The van der Waals surface area contributed by atoms with Crippen LogP contribution in [0.2, 0.25) is 0 Å². The number of nitrogens with zero attached hydrogens (tertiary/aromatic N) is 1. The third-order valence-electron chi connectivity index (χ3n) is 3.88. The first-order chi connectivity index (χ1) is 8.43. The first kappa shape index (κ1) is 10.9. The van der Waals surface area contributed by atoms with E-state index in [0.717, 1.165) is 12.5 Å². The molecule has 2 fully saturated rings. The Kier molecular flexibility index (Phi) is 3.21. The van der Waals surface area contributed by atoms with Crippen LogP contribution < -0.4 is 10.2 Å². The molecule has 1 N–H and O–H groups in total. The number of rotatable bonds is 4. The van der Waals surface area contributed by atoms with E-state index in [-0.39, 0.29) is 0 Å². The summed E-state index contributed by atoms with van der Waals surface area (Å²) in [5.41, 5.74) is 2.74. The van der Waals surface area contributed by atoms with Crippen LogP contribution in [0.4, 0.5) is 11.4 Å². The minimum absolute atomic E-state index is 0.935. The van der Waals surface area contributed by atoms with Crippen molar-refractivity contribution in [3.8, 4) is 0 Å². The molecule has 1 heterocycles. The third kappa shape index (κ3) is 2.74. The summed E-state index contributed by atoms with van der Waals surface area (Å²) >= 11 is 0. The monoisotopic (exact) mass is 230 g/mol. The van der Waals surface area contributed by atoms with Crippen LogP contribution in [0, 0.1) is 5.92 Å². The maximum absolute atomic E-state index is 3.63. The van der Waals surface area contributed by atoms with E-state index in [4.69, 9.17) is 0 Å². The van der Waals surface area contributed by atoms with Crippen molar-refractivity contribution in [2.24, 2.45) is 5.92 Å². The largest absolute Gasteiger partial charge is 0.383 e. The van der Waals surface area contributed by atoms with Crippen LogP contribution in [0.5, 0.6) is 0 Å². The Morgan fingerprint density at radius 2 is 1.82 bits per heavy atom. The molecule has 1 aromatic carbocycles. The molecule has 1 saturated carbocycles. The maximum Gasteiger partial charge on any atom is 0.0602 e. The van der Waals surface area contributed by atoms with E-state index >= 15 is 0 Å². The van der Waals surface area contributed by atoms with Crippen molar-refractivity contribution in [3.05, 3.63) is 24.3 Å². The lowest BCUT2D eigenvalue weighted by molar-refractivity contribution is 0.578. The molecule has 0 radical (unpaired) electrons. The molecule has 0 unspecified atom stereocenters. The molecule has 0 atom stereocenters. The van der Waals surface area contributed by atoms with Crippen molar-refractivity contribution in [1.82, 2.24) is 0 Å². The van der Waals surface area contributed by atoms with Gasteiger partial charge in [0.25, 0.3) is 0 Å². The SMILES string of the molecule is c1ccc(N2CCCCC2)c(NCC2CC2)c1. The number of piperidine rings is 1. The molecule has 1 aliphatic carbocycles. The predicted molar refractivity (Wildman–Crippen MR) is 73.7 cm³/mol. The lowest BCUT2D eigenvalue weighted by Crippen LogP contribution is -2.30. The summed E-state index contributed by atoms with van der Waals surface area (Å²) < 4.78 is 0. The summed E-state index contributed by atoms with van der Waals surface area (Å²) in [7, 11) is 0. The minimum Gasteiger partial charge on any atom is -0.383 e. The van der Waals surface area contributed by atoms with Crippen molar-refractivity contribution >= 4 is 11.4 Å². The van der Waals surface area contributed by atoms with Gasteiger partial charge in [0.2, 0.25) is 0 Å². The van der Waals surface area contributed by atoms with Gasteiger partial charge in [0, 0.05) is 19.6 Å². The summed E-state index contributed by atoms with van der Waals surface area (Å²) in [5, 5.41) is 3.63. The Labute approximate surface area is 104 Å². The zero-order valence-electron chi connectivity index (χ0n) is 10.5. The molecular weight excluding hydrogens is 208 g/mol. The minimum atomic E-state index is 0.935. The summed E-state index contributed by atoms with van der Waals surface area (Å²) in [6.45, 7) is 3.61. The fourth-order valence-electron chi connectivity index (χ4n) is 2.61. The quantitative estimate of drug-likeness (QED) is 0.851. The van der Waals surface area contributed by atoms with Gasteiger partial charge in [-0.05, 0) is 50.2 Å². The van der Waals surface area contributed by atoms with Gasteiger partial charge in [0.05, 0.1) is 11.4 Å². The van der Waals surface area contributed by atoms with Crippen LogP contribution in [-0.4, -0.2) is 19.6 Å². The highest BCUT2D eigenvalue weighted by molar-refractivity contribution is 5.70. The maximum atomic E-state index is 3.63. The average Bonchev–Trinajstić information content (AvgIpc) is 3.22. The average molecular weight is 230 g/mol. The fourth-order valence-corrected chi connectivity index (χ4v) is 2.61. The molecule has 2 heteroatoms. The van der Waals surface area contributed by atoms with E-state index in [0.29, 0.717) is 0 Å². The van der Waals surface area contributed by atoms with Gasteiger partial charge < -0.3 is 10.2 Å². The highest BCUT2D eigenvalue weighted by Gasteiger charge is 2.21. The van der Waals surface area contributed by atoms with Crippen LogP contribution in [0.15, 0.2) is 24.3 Å². The van der Waals surface area contributed by atoms with Gasteiger partial charge in [-0.2, -0.15) is 0 Å². The second-order valence-electron chi connectivity index (χ2n) is 5.39. The Hall–Kier alpha value is -1.18. The lowest BCUT2D eigenvalue weighted by Gasteiger charge is -2.30. The van der Waals surface area contributed by atoms with Gasteiger partial charge in [-0.15, -0.1) is 0 Å². The Morgan fingerprint density at radius 3 is 2.59 bits per heavy atom. The van der Waals surface area contributed by atoms with Gasteiger partial charge in [-0.3, -0.25) is 0 Å². The number of benzene rings is 1. The number of hydrogen-bond donors (Lipinski definition) is 1. The molecule has 2 aliphatic rings. The van der Waals surface area contributed by atoms with Gasteiger partial charge in [0.1, 0.15) is 0 Å². The molecule has 1 saturated heterocycles. The van der Waals surface area contributed by atoms with E-state index < -0.39 is 0 Å². The van der Waals surface area contributed by atoms with E-state index in [1.807, 2.05) is 0 Å². The summed E-state index contributed by atoms with van der Waals surface area (Å²) in [5.74, 6) is 0.935. The van der Waals surface area contributed by atoms with Crippen molar-refractivity contribution in [2.75, 3.05) is 29.9 Å². The van der Waals surface area contributed by atoms with Crippen molar-refractivity contribution in [3.63, 3.8) is 0 Å². The van der Waals surface area contributed by atoms with Crippen molar-refractivity contribution < 1.29 is 0 Å². The Morgan fingerprint density at radius 1 is 1.06 bits per heavy atom. The van der Waals surface area contributed by atoms with E-state index in [9.17, 15) is 0 Å². The highest BCUT2D eigenvalue weighted by Crippen LogP contribution is 2.32. The predicted octanol–water partition coefficient (Wildman–Crippen LogP) is 3.50. The number of para-hydroxylation sites is 2. The second-order valence-corrected chi connectivity index (χ2v) is 5.39. The molecule has 0 aromatic heterocycles. The van der Waals surface area contributed by atoms with E-state index in [1.54, 1.807) is 0 Å². The summed E-state index contributed by atoms with van der Waals surface area (Å²) in [4.78, 5) is 2.54. The Balaban J connectivity index is 1.71. The molecule has 0 spiro atoms. The van der Waals surface area contributed by atoms with Crippen molar-refractivity contribution in [2.45, 2.75) is 32.1 Å². The molecule has 0 amide bonds. The molecule has 17 heavy (non-hydrogen) atoms. The number of nitrogens with one attached hydrogen (secondary N) is 1. The molecule has 1 aliphatic heterocycles. The number of hydrogen-bond acceptors (Lipinski definition) is 2. The van der Waals surface area contributed by atoms with Crippen LogP contribution in [0.25, 0.3) is 0 Å². The number of anilines is 2. The fraction of sp³-hybridized carbons (Fsp3) is 0.600. The van der Waals surface area contributed by atoms with Gasteiger partial charge in [-0.25, -0.2) is 0 Å². The van der Waals surface area contributed by atoms with Crippen LogP contribution in [-0.2, 0) is 0 Å². The lowest BCUT2D eigenvalue weighted by atomic mass is 10.1. The summed E-state index contributed by atoms with van der Waals surface area (Å²) in [6, 6.07) is 8.79. The Bertz CT molecular complexity index is 365. The summed E-state index contributed by atoms with van der Waals surface area (Å²) in [6.07, 6.45) is 6.92. The first-order valence-corrected chi connectivity index (χ1v) is 7.01. The van der Waals surface area contributed by atoms with E-state index in [1.165, 1.54) is 56.6 Å². The zero-order valence-corrected chi connectivity index (χ0v) is 10.5. The van der Waals surface area contributed by atoms with Crippen LogP contribution in [0.1, 0.15) is 32.1 Å². The molecule has 92 valence electrons. The van der Waals surface area contributed by atoms with Crippen molar-refractivity contribution in [1.29, 1.82) is 0 Å². The normalized spacial score (nSPS) is 20.4. The van der Waals surface area contributed by atoms with E-state index in [2.05, 4.69) is 34.5 Å². The smallest absolute Gasteiger partial charge is 0.0602 e. The first-order valence-electron chi connectivity index (χ1n) is 7.01. The van der Waals surface area contributed by atoms with Gasteiger partial charge in [0.15, 0.2) is 0 Å². The topological polar surface area (TPSA) is 15.3 Å². The molecule has 3 rings (SSSR count). The molecule has 2 nitrogen and oxygen atoms in total. The molecule has 1 aromatic rings. The molecular formula is C15H22N2. The van der Waals surface area contributed by atoms with Crippen LogP contribution >= 0.6 is 0 Å². The molecule has 0 bridgehead atoms. The standard InChI is InChI=1S/C15H22N2/c1-4-10-17(11-5-1)15-7-3-2-6-14(15)16-12-13-8-9-13/h2-3,6-7,13,16H,1,4-5,8-12H2. The van der Waals surface area contributed by atoms with Gasteiger partial charge in [-0.1, -0.05) is 12.1 Å². The van der Waals surface area contributed by atoms with Crippen LogP contribution in [0.3, 0.4) is 0 Å². The second kappa shape index (κ2) is 4.99. The third-order valence-corrected chi connectivity index (χ3v) is 3.88. The zero-order chi connectivity index (χ0) is 11.5. The van der Waals surface area contributed by atoms with Gasteiger partial charge >= 0.3 is 0 Å². The highest BCUT2D eigenvalue weighted by atomic mass is 15.1.